The Hall–Kier alpha value is -2.07. The summed E-state index contributed by atoms with van der Waals surface area (Å²) >= 11 is 0. The van der Waals surface area contributed by atoms with Crippen LogP contribution in [0.15, 0.2) is 42.7 Å². The number of carbonyl (C=O) groups is 1. The van der Waals surface area contributed by atoms with E-state index in [0.29, 0.717) is 6.54 Å². The molecule has 19 heavy (non-hydrogen) atoms. The number of hydrogen-bond acceptors (Lipinski definition) is 2. The van der Waals surface area contributed by atoms with E-state index < -0.39 is 0 Å². The van der Waals surface area contributed by atoms with Crippen molar-refractivity contribution in [2.45, 2.75) is 26.4 Å². The molecule has 1 unspecified atom stereocenters. The highest BCUT2D eigenvalue weighted by Gasteiger charge is 2.06. The van der Waals surface area contributed by atoms with Gasteiger partial charge in [0, 0.05) is 24.1 Å². The van der Waals surface area contributed by atoms with Gasteiger partial charge in [-0.25, -0.2) is 0 Å². The number of benzene rings is 1. The average molecular weight is 257 g/mol. The summed E-state index contributed by atoms with van der Waals surface area (Å²) < 4.78 is 1.84. The first kappa shape index (κ1) is 13.4. The predicted molar refractivity (Wildman–Crippen MR) is 76.8 cm³/mol. The summed E-state index contributed by atoms with van der Waals surface area (Å²) in [5.41, 5.74) is 8.76. The minimum absolute atomic E-state index is 0.0129. The van der Waals surface area contributed by atoms with E-state index in [9.17, 15) is 4.79 Å². The third kappa shape index (κ3) is 3.69. The smallest absolute Gasteiger partial charge is 0.244 e. The van der Waals surface area contributed by atoms with E-state index >= 15 is 0 Å². The SMILES string of the molecule is Cc1cccc(NC(=O)Cn2ccc(C(C)N)c2)c1. The van der Waals surface area contributed by atoms with Crippen molar-refractivity contribution in [2.24, 2.45) is 5.73 Å². The molecule has 1 atom stereocenters. The van der Waals surface area contributed by atoms with Crippen molar-refractivity contribution >= 4 is 11.6 Å². The Morgan fingerprint density at radius 3 is 2.84 bits per heavy atom. The number of amides is 1. The van der Waals surface area contributed by atoms with E-state index in [1.807, 2.05) is 61.1 Å². The van der Waals surface area contributed by atoms with Crippen LogP contribution in [0.4, 0.5) is 5.69 Å². The fraction of sp³-hybridized carbons (Fsp3) is 0.267. The van der Waals surface area contributed by atoms with Gasteiger partial charge in [-0.2, -0.15) is 0 Å². The second-order valence-electron chi connectivity index (χ2n) is 4.82. The summed E-state index contributed by atoms with van der Waals surface area (Å²) in [7, 11) is 0. The Morgan fingerprint density at radius 1 is 1.42 bits per heavy atom. The van der Waals surface area contributed by atoms with Gasteiger partial charge in [-0.15, -0.1) is 0 Å². The van der Waals surface area contributed by atoms with Crippen molar-refractivity contribution in [3.05, 3.63) is 53.9 Å². The molecule has 3 N–H and O–H groups in total. The molecule has 1 aromatic heterocycles. The molecule has 1 heterocycles. The van der Waals surface area contributed by atoms with Crippen LogP contribution in [0.25, 0.3) is 0 Å². The van der Waals surface area contributed by atoms with E-state index in [4.69, 9.17) is 5.73 Å². The Bertz CT molecular complexity index is 572. The lowest BCUT2D eigenvalue weighted by Crippen LogP contribution is -2.18. The third-order valence-corrected chi connectivity index (χ3v) is 2.93. The minimum Gasteiger partial charge on any atom is -0.345 e. The van der Waals surface area contributed by atoms with E-state index in [2.05, 4.69) is 5.32 Å². The number of hydrogen-bond donors (Lipinski definition) is 2. The summed E-state index contributed by atoms with van der Waals surface area (Å²) in [6.45, 7) is 4.21. The molecule has 2 rings (SSSR count). The van der Waals surface area contributed by atoms with Gasteiger partial charge < -0.3 is 15.6 Å². The van der Waals surface area contributed by atoms with E-state index in [1.54, 1.807) is 0 Å². The monoisotopic (exact) mass is 257 g/mol. The number of nitrogens with one attached hydrogen (secondary N) is 1. The summed E-state index contributed by atoms with van der Waals surface area (Å²) in [5, 5.41) is 2.88. The Kier molecular flexibility index (Phi) is 4.02. The molecule has 0 aliphatic carbocycles. The first-order valence-corrected chi connectivity index (χ1v) is 6.32. The predicted octanol–water partition coefficient (Wildman–Crippen LogP) is 2.45. The second kappa shape index (κ2) is 5.71. The maximum atomic E-state index is 11.9. The number of rotatable bonds is 4. The van der Waals surface area contributed by atoms with Gasteiger partial charge in [0.15, 0.2) is 0 Å². The number of carbonyl (C=O) groups excluding carboxylic acids is 1. The fourth-order valence-corrected chi connectivity index (χ4v) is 1.92. The minimum atomic E-state index is -0.0441. The van der Waals surface area contributed by atoms with Crippen molar-refractivity contribution in [3.63, 3.8) is 0 Å². The zero-order chi connectivity index (χ0) is 13.8. The zero-order valence-electron chi connectivity index (χ0n) is 11.3. The normalized spacial score (nSPS) is 12.2. The Labute approximate surface area is 113 Å². The van der Waals surface area contributed by atoms with Gasteiger partial charge in [0.2, 0.25) is 5.91 Å². The van der Waals surface area contributed by atoms with E-state index in [0.717, 1.165) is 16.8 Å². The number of nitrogens with zero attached hydrogens (tertiary/aromatic N) is 1. The number of aryl methyl sites for hydroxylation is 1. The van der Waals surface area contributed by atoms with Crippen LogP contribution in [0, 0.1) is 6.92 Å². The highest BCUT2D eigenvalue weighted by Crippen LogP contribution is 2.11. The van der Waals surface area contributed by atoms with E-state index in [1.165, 1.54) is 0 Å². The molecule has 0 aliphatic heterocycles. The molecule has 0 aliphatic rings. The van der Waals surface area contributed by atoms with Crippen molar-refractivity contribution < 1.29 is 4.79 Å². The molecule has 1 aromatic carbocycles. The average Bonchev–Trinajstić information content (AvgIpc) is 2.77. The number of nitrogens with two attached hydrogens (primary N) is 1. The molecule has 0 fully saturated rings. The molecule has 0 bridgehead atoms. The maximum absolute atomic E-state index is 11.9. The molecule has 0 saturated heterocycles. The first-order chi connectivity index (χ1) is 9.04. The molecule has 0 saturated carbocycles. The number of aromatic nitrogens is 1. The van der Waals surface area contributed by atoms with Crippen molar-refractivity contribution in [3.8, 4) is 0 Å². The Balaban J connectivity index is 1.97. The van der Waals surface area contributed by atoms with Gasteiger partial charge >= 0.3 is 0 Å². The van der Waals surface area contributed by atoms with Crippen molar-refractivity contribution in [1.82, 2.24) is 4.57 Å². The van der Waals surface area contributed by atoms with Crippen LogP contribution in [-0.2, 0) is 11.3 Å². The lowest BCUT2D eigenvalue weighted by Gasteiger charge is -2.07. The van der Waals surface area contributed by atoms with Crippen molar-refractivity contribution in [2.75, 3.05) is 5.32 Å². The summed E-state index contributed by atoms with van der Waals surface area (Å²) in [4.78, 5) is 11.9. The molecule has 4 nitrogen and oxygen atoms in total. The van der Waals surface area contributed by atoms with Gasteiger partial charge in [-0.05, 0) is 43.2 Å². The van der Waals surface area contributed by atoms with Gasteiger partial charge in [0.05, 0.1) is 0 Å². The van der Waals surface area contributed by atoms with Crippen LogP contribution in [-0.4, -0.2) is 10.5 Å². The van der Waals surface area contributed by atoms with Crippen molar-refractivity contribution in [1.29, 1.82) is 0 Å². The molecule has 0 radical (unpaired) electrons. The lowest BCUT2D eigenvalue weighted by molar-refractivity contribution is -0.116. The topological polar surface area (TPSA) is 60.0 Å². The largest absolute Gasteiger partial charge is 0.345 e. The van der Waals surface area contributed by atoms with Crippen LogP contribution < -0.4 is 11.1 Å². The third-order valence-electron chi connectivity index (χ3n) is 2.93. The summed E-state index contributed by atoms with van der Waals surface area (Å²) in [5.74, 6) is -0.0441. The van der Waals surface area contributed by atoms with E-state index in [-0.39, 0.29) is 11.9 Å². The maximum Gasteiger partial charge on any atom is 0.244 e. The van der Waals surface area contributed by atoms with Crippen LogP contribution in [0.2, 0.25) is 0 Å². The molecular formula is C15H19N3O. The zero-order valence-corrected chi connectivity index (χ0v) is 11.3. The standard InChI is InChI=1S/C15H19N3O/c1-11-4-3-5-14(8-11)17-15(19)10-18-7-6-13(9-18)12(2)16/h3-9,12H,10,16H2,1-2H3,(H,17,19). The van der Waals surface area contributed by atoms with Crippen LogP contribution >= 0.6 is 0 Å². The second-order valence-corrected chi connectivity index (χ2v) is 4.82. The highest BCUT2D eigenvalue weighted by atomic mass is 16.1. The van der Waals surface area contributed by atoms with Gasteiger partial charge in [-0.1, -0.05) is 12.1 Å². The van der Waals surface area contributed by atoms with Crippen LogP contribution in [0.5, 0.6) is 0 Å². The summed E-state index contributed by atoms with van der Waals surface area (Å²) in [6.07, 6.45) is 3.77. The van der Waals surface area contributed by atoms with Gasteiger partial charge in [0.25, 0.3) is 0 Å². The molecule has 100 valence electrons. The van der Waals surface area contributed by atoms with Crippen LogP contribution in [0.1, 0.15) is 24.1 Å². The van der Waals surface area contributed by atoms with Crippen LogP contribution in [0.3, 0.4) is 0 Å². The quantitative estimate of drug-likeness (QED) is 0.883. The lowest BCUT2D eigenvalue weighted by atomic mass is 10.2. The molecule has 2 aromatic rings. The van der Waals surface area contributed by atoms with Gasteiger partial charge in [0.1, 0.15) is 6.54 Å². The molecule has 4 heteroatoms. The molecule has 1 amide bonds. The summed E-state index contributed by atoms with van der Waals surface area (Å²) in [6, 6.07) is 9.67. The molecular weight excluding hydrogens is 238 g/mol. The Morgan fingerprint density at radius 2 is 2.21 bits per heavy atom. The fourth-order valence-electron chi connectivity index (χ4n) is 1.92. The molecule has 0 spiro atoms. The van der Waals surface area contributed by atoms with Gasteiger partial charge in [-0.3, -0.25) is 4.79 Å². The number of anilines is 1. The highest BCUT2D eigenvalue weighted by molar-refractivity contribution is 5.90. The first-order valence-electron chi connectivity index (χ1n) is 6.32.